The van der Waals surface area contributed by atoms with Gasteiger partial charge in [0.15, 0.2) is 0 Å². The second kappa shape index (κ2) is 5.89. The van der Waals surface area contributed by atoms with Crippen LogP contribution in [0.5, 0.6) is 0 Å². The first kappa shape index (κ1) is 13.5. The molecular weight excluding hydrogens is 254 g/mol. The smallest absolute Gasteiger partial charge is 0.222 e. The highest BCUT2D eigenvalue weighted by Gasteiger charge is 2.42. The van der Waals surface area contributed by atoms with Gasteiger partial charge in [0.2, 0.25) is 5.91 Å². The van der Waals surface area contributed by atoms with Crippen LogP contribution in [0.1, 0.15) is 18.4 Å². The summed E-state index contributed by atoms with van der Waals surface area (Å²) in [6.45, 7) is 2.99. The van der Waals surface area contributed by atoms with Crippen molar-refractivity contribution >= 4 is 5.91 Å². The molecule has 0 aromatic carbocycles. The van der Waals surface area contributed by atoms with Crippen molar-refractivity contribution < 1.29 is 9.53 Å². The molecule has 108 valence electrons. The van der Waals surface area contributed by atoms with Crippen LogP contribution in [0.15, 0.2) is 24.5 Å². The number of nitrogens with zero attached hydrogens (tertiary/aromatic N) is 2. The van der Waals surface area contributed by atoms with Gasteiger partial charge in [-0.05, 0) is 24.1 Å². The molecule has 2 fully saturated rings. The van der Waals surface area contributed by atoms with E-state index in [0.29, 0.717) is 18.4 Å². The average Bonchev–Trinajstić information content (AvgIpc) is 2.97. The molecule has 1 N–H and O–H groups in total. The fraction of sp³-hybridized carbons (Fsp3) is 0.600. The highest BCUT2D eigenvalue weighted by atomic mass is 16.5. The van der Waals surface area contributed by atoms with Crippen molar-refractivity contribution in [2.75, 3.05) is 20.1 Å². The van der Waals surface area contributed by atoms with Crippen molar-refractivity contribution in [1.82, 2.24) is 15.2 Å². The van der Waals surface area contributed by atoms with Crippen molar-refractivity contribution in [1.29, 1.82) is 0 Å². The van der Waals surface area contributed by atoms with Crippen LogP contribution in [0.4, 0.5) is 0 Å². The SMILES string of the molecule is CNC(=O)C[C@@H]1C[C@H]2CN(Cc3ccncc3)C[C@H]2O1. The maximum Gasteiger partial charge on any atom is 0.222 e. The lowest BCUT2D eigenvalue weighted by Crippen LogP contribution is -2.28. The summed E-state index contributed by atoms with van der Waals surface area (Å²) in [4.78, 5) is 17.9. The van der Waals surface area contributed by atoms with Crippen LogP contribution in [-0.4, -0.2) is 48.1 Å². The van der Waals surface area contributed by atoms with Gasteiger partial charge in [0, 0.05) is 45.0 Å². The lowest BCUT2D eigenvalue weighted by atomic mass is 10.0. The Hall–Kier alpha value is -1.46. The van der Waals surface area contributed by atoms with Gasteiger partial charge in [0.05, 0.1) is 18.6 Å². The third-order valence-corrected chi connectivity index (χ3v) is 4.24. The molecule has 2 aliphatic rings. The highest BCUT2D eigenvalue weighted by molar-refractivity contribution is 5.76. The van der Waals surface area contributed by atoms with E-state index in [1.807, 2.05) is 12.4 Å². The summed E-state index contributed by atoms with van der Waals surface area (Å²) in [6.07, 6.45) is 5.57. The second-order valence-corrected chi connectivity index (χ2v) is 5.72. The summed E-state index contributed by atoms with van der Waals surface area (Å²) in [7, 11) is 1.68. The number of ether oxygens (including phenoxy) is 1. The van der Waals surface area contributed by atoms with Gasteiger partial charge in [-0.3, -0.25) is 14.7 Å². The lowest BCUT2D eigenvalue weighted by Gasteiger charge is -2.18. The zero-order valence-corrected chi connectivity index (χ0v) is 11.8. The van der Waals surface area contributed by atoms with Gasteiger partial charge >= 0.3 is 0 Å². The summed E-state index contributed by atoms with van der Waals surface area (Å²) < 4.78 is 6.01. The number of carbonyl (C=O) groups excluding carboxylic acids is 1. The molecule has 20 heavy (non-hydrogen) atoms. The summed E-state index contributed by atoms with van der Waals surface area (Å²) >= 11 is 0. The molecule has 3 heterocycles. The zero-order chi connectivity index (χ0) is 13.9. The van der Waals surface area contributed by atoms with E-state index >= 15 is 0 Å². The summed E-state index contributed by atoms with van der Waals surface area (Å²) in [5.74, 6) is 0.648. The Labute approximate surface area is 119 Å². The quantitative estimate of drug-likeness (QED) is 0.883. The maximum atomic E-state index is 11.4. The number of aromatic nitrogens is 1. The van der Waals surface area contributed by atoms with Crippen molar-refractivity contribution in [3.8, 4) is 0 Å². The number of fused-ring (bicyclic) bond motifs is 1. The van der Waals surface area contributed by atoms with E-state index in [1.54, 1.807) is 7.05 Å². The predicted octanol–water partition coefficient (Wildman–Crippen LogP) is 0.807. The molecule has 3 rings (SSSR count). The molecule has 0 aliphatic carbocycles. The topological polar surface area (TPSA) is 54.5 Å². The van der Waals surface area contributed by atoms with Gasteiger partial charge in [-0.15, -0.1) is 0 Å². The summed E-state index contributed by atoms with van der Waals surface area (Å²) in [6, 6.07) is 4.12. The van der Waals surface area contributed by atoms with Crippen LogP contribution in [0.3, 0.4) is 0 Å². The molecule has 1 aromatic rings. The number of hydrogen-bond acceptors (Lipinski definition) is 4. The highest BCUT2D eigenvalue weighted by Crippen LogP contribution is 2.34. The molecule has 3 atom stereocenters. The van der Waals surface area contributed by atoms with Crippen molar-refractivity contribution in [2.45, 2.75) is 31.6 Å². The number of pyridine rings is 1. The number of nitrogens with one attached hydrogen (secondary N) is 1. The van der Waals surface area contributed by atoms with Crippen molar-refractivity contribution in [3.05, 3.63) is 30.1 Å². The molecule has 0 radical (unpaired) electrons. The third kappa shape index (κ3) is 2.99. The standard InChI is InChI=1S/C15H21N3O2/c1-16-15(19)7-13-6-12-9-18(10-14(12)20-13)8-11-2-4-17-5-3-11/h2-5,12-14H,6-10H2,1H3,(H,16,19)/t12-,13-,14+/m0/s1. The number of rotatable bonds is 4. The van der Waals surface area contributed by atoms with Gasteiger partial charge in [-0.25, -0.2) is 0 Å². The predicted molar refractivity (Wildman–Crippen MR) is 75.0 cm³/mol. The van der Waals surface area contributed by atoms with Gasteiger partial charge in [0.25, 0.3) is 0 Å². The van der Waals surface area contributed by atoms with Crippen LogP contribution < -0.4 is 5.32 Å². The molecule has 5 heteroatoms. The molecule has 0 saturated carbocycles. The number of hydrogen-bond donors (Lipinski definition) is 1. The summed E-state index contributed by atoms with van der Waals surface area (Å²) in [5, 5.41) is 2.66. The number of amides is 1. The molecule has 5 nitrogen and oxygen atoms in total. The van der Waals surface area contributed by atoms with Crippen LogP contribution in [0, 0.1) is 5.92 Å². The van der Waals surface area contributed by atoms with E-state index in [4.69, 9.17) is 4.74 Å². The Morgan fingerprint density at radius 1 is 1.45 bits per heavy atom. The Bertz CT molecular complexity index is 451. The van der Waals surface area contributed by atoms with Gasteiger partial charge in [0.1, 0.15) is 0 Å². The van der Waals surface area contributed by atoms with Gasteiger partial charge < -0.3 is 10.1 Å². The molecule has 1 aromatic heterocycles. The zero-order valence-electron chi connectivity index (χ0n) is 11.8. The van der Waals surface area contributed by atoms with Crippen LogP contribution in [-0.2, 0) is 16.1 Å². The molecule has 2 saturated heterocycles. The van der Waals surface area contributed by atoms with Gasteiger partial charge in [-0.2, -0.15) is 0 Å². The fourth-order valence-electron chi connectivity index (χ4n) is 3.26. The normalized spacial score (nSPS) is 29.4. The van der Waals surface area contributed by atoms with E-state index < -0.39 is 0 Å². The molecular formula is C15H21N3O2. The first-order valence-electron chi connectivity index (χ1n) is 7.22. The molecule has 0 spiro atoms. The Kier molecular flexibility index (Phi) is 3.98. The van der Waals surface area contributed by atoms with Crippen molar-refractivity contribution in [2.24, 2.45) is 5.92 Å². The first-order valence-corrected chi connectivity index (χ1v) is 7.22. The molecule has 1 amide bonds. The average molecular weight is 275 g/mol. The Balaban J connectivity index is 1.50. The van der Waals surface area contributed by atoms with E-state index in [-0.39, 0.29) is 12.0 Å². The second-order valence-electron chi connectivity index (χ2n) is 5.72. The van der Waals surface area contributed by atoms with Crippen LogP contribution in [0.25, 0.3) is 0 Å². The molecule has 0 unspecified atom stereocenters. The summed E-state index contributed by atoms with van der Waals surface area (Å²) in [5.41, 5.74) is 1.29. The van der Waals surface area contributed by atoms with Crippen LogP contribution in [0.2, 0.25) is 0 Å². The maximum absolute atomic E-state index is 11.4. The fourth-order valence-corrected chi connectivity index (χ4v) is 3.26. The van der Waals surface area contributed by atoms with E-state index in [2.05, 4.69) is 27.3 Å². The molecule has 2 aliphatic heterocycles. The van der Waals surface area contributed by atoms with E-state index in [1.165, 1.54) is 5.56 Å². The monoisotopic (exact) mass is 275 g/mol. The number of carbonyl (C=O) groups is 1. The van der Waals surface area contributed by atoms with Gasteiger partial charge in [-0.1, -0.05) is 0 Å². The van der Waals surface area contributed by atoms with E-state index in [9.17, 15) is 4.79 Å². The lowest BCUT2D eigenvalue weighted by molar-refractivity contribution is -0.123. The minimum Gasteiger partial charge on any atom is -0.373 e. The third-order valence-electron chi connectivity index (χ3n) is 4.24. The van der Waals surface area contributed by atoms with Crippen molar-refractivity contribution in [3.63, 3.8) is 0 Å². The molecule has 0 bridgehead atoms. The minimum atomic E-state index is 0.0728. The minimum absolute atomic E-state index is 0.0728. The van der Waals surface area contributed by atoms with E-state index in [0.717, 1.165) is 26.1 Å². The Morgan fingerprint density at radius 2 is 2.25 bits per heavy atom. The number of likely N-dealkylation sites (tertiary alicyclic amines) is 1. The first-order chi connectivity index (χ1) is 9.74. The Morgan fingerprint density at radius 3 is 2.95 bits per heavy atom. The largest absolute Gasteiger partial charge is 0.373 e. The van der Waals surface area contributed by atoms with Crippen LogP contribution >= 0.6 is 0 Å².